The largest absolute Gasteiger partial charge is 0.481 e. The first kappa shape index (κ1) is 14.6. The molecule has 0 atom stereocenters. The number of rotatable bonds is 5. The van der Waals surface area contributed by atoms with Gasteiger partial charge in [0.15, 0.2) is 11.5 Å². The molecule has 8 nitrogen and oxygen atoms in total. The average molecular weight is 294 g/mol. The summed E-state index contributed by atoms with van der Waals surface area (Å²) >= 11 is 0. The van der Waals surface area contributed by atoms with E-state index in [2.05, 4.69) is 10.6 Å². The third kappa shape index (κ3) is 4.37. The number of imide groups is 1. The highest BCUT2D eigenvalue weighted by Crippen LogP contribution is 2.34. The van der Waals surface area contributed by atoms with Crippen LogP contribution in [-0.2, 0) is 9.59 Å². The smallest absolute Gasteiger partial charge is 0.325 e. The number of aliphatic carboxylic acids is 1. The molecule has 3 amide bonds. The number of amides is 3. The minimum absolute atomic E-state index is 0.0269. The van der Waals surface area contributed by atoms with Crippen LogP contribution in [0.2, 0.25) is 0 Å². The lowest BCUT2D eigenvalue weighted by molar-refractivity contribution is -0.137. The van der Waals surface area contributed by atoms with Crippen LogP contribution in [0.1, 0.15) is 19.3 Å². The summed E-state index contributed by atoms with van der Waals surface area (Å²) < 4.78 is 10.3. The number of carbonyl (C=O) groups is 3. The minimum Gasteiger partial charge on any atom is -0.481 e. The van der Waals surface area contributed by atoms with E-state index in [1.807, 2.05) is 0 Å². The van der Waals surface area contributed by atoms with Crippen molar-refractivity contribution in [1.82, 2.24) is 5.32 Å². The zero-order valence-electron chi connectivity index (χ0n) is 11.0. The Bertz CT molecular complexity index is 572. The van der Waals surface area contributed by atoms with Crippen LogP contribution < -0.4 is 20.1 Å². The molecule has 0 unspecified atom stereocenters. The van der Waals surface area contributed by atoms with Crippen molar-refractivity contribution in [3.8, 4) is 11.5 Å². The van der Waals surface area contributed by atoms with Gasteiger partial charge in [0.2, 0.25) is 12.7 Å². The summed E-state index contributed by atoms with van der Waals surface area (Å²) in [5, 5.41) is 13.0. The van der Waals surface area contributed by atoms with Crippen LogP contribution in [0.3, 0.4) is 0 Å². The minimum atomic E-state index is -0.979. The van der Waals surface area contributed by atoms with Gasteiger partial charge in [-0.2, -0.15) is 0 Å². The first-order chi connectivity index (χ1) is 10.0. The van der Waals surface area contributed by atoms with Crippen molar-refractivity contribution in [3.05, 3.63) is 18.2 Å². The number of benzene rings is 1. The van der Waals surface area contributed by atoms with Gasteiger partial charge in [-0.15, -0.1) is 0 Å². The molecule has 0 aliphatic carbocycles. The van der Waals surface area contributed by atoms with E-state index in [9.17, 15) is 14.4 Å². The molecule has 2 rings (SSSR count). The van der Waals surface area contributed by atoms with Crippen molar-refractivity contribution >= 4 is 23.6 Å². The number of hydrogen-bond donors (Lipinski definition) is 3. The Kier molecular flexibility index (Phi) is 4.60. The Morgan fingerprint density at radius 3 is 2.67 bits per heavy atom. The highest BCUT2D eigenvalue weighted by molar-refractivity contribution is 6.01. The molecule has 0 bridgehead atoms. The Hall–Kier alpha value is -2.77. The topological polar surface area (TPSA) is 114 Å². The maximum absolute atomic E-state index is 11.6. The third-order valence-electron chi connectivity index (χ3n) is 2.68. The van der Waals surface area contributed by atoms with E-state index in [0.717, 1.165) is 0 Å². The van der Waals surface area contributed by atoms with E-state index in [-0.39, 0.29) is 26.1 Å². The van der Waals surface area contributed by atoms with Gasteiger partial charge in [0.1, 0.15) is 0 Å². The first-order valence-electron chi connectivity index (χ1n) is 6.27. The van der Waals surface area contributed by atoms with Gasteiger partial charge in [0, 0.05) is 24.6 Å². The fraction of sp³-hybridized carbons (Fsp3) is 0.308. The normalized spacial score (nSPS) is 11.8. The summed E-state index contributed by atoms with van der Waals surface area (Å²) in [6.07, 6.45) is 0.0382. The molecule has 0 radical (unpaired) electrons. The molecule has 112 valence electrons. The van der Waals surface area contributed by atoms with Crippen LogP contribution in [-0.4, -0.2) is 29.8 Å². The van der Waals surface area contributed by atoms with Gasteiger partial charge < -0.3 is 19.9 Å². The fourth-order valence-corrected chi connectivity index (χ4v) is 1.73. The van der Waals surface area contributed by atoms with Crippen LogP contribution in [0.15, 0.2) is 18.2 Å². The molecule has 1 aromatic carbocycles. The zero-order valence-corrected chi connectivity index (χ0v) is 11.0. The number of carbonyl (C=O) groups excluding carboxylic acids is 2. The van der Waals surface area contributed by atoms with E-state index < -0.39 is 17.9 Å². The van der Waals surface area contributed by atoms with Crippen molar-refractivity contribution in [2.24, 2.45) is 0 Å². The molecule has 1 aliphatic rings. The number of urea groups is 1. The van der Waals surface area contributed by atoms with Crippen molar-refractivity contribution < 1.29 is 29.0 Å². The summed E-state index contributed by atoms with van der Waals surface area (Å²) in [4.78, 5) is 33.3. The standard InChI is InChI=1S/C13H14N2O6/c16-11(2-1-3-12(17)18)15-13(19)14-8-4-5-9-10(6-8)21-7-20-9/h4-6H,1-3,7H2,(H,17,18)(H2,14,15,16,19). The molecule has 0 saturated carbocycles. The zero-order chi connectivity index (χ0) is 15.2. The highest BCUT2D eigenvalue weighted by Gasteiger charge is 2.14. The molecular formula is C13H14N2O6. The van der Waals surface area contributed by atoms with E-state index in [1.165, 1.54) is 0 Å². The molecule has 21 heavy (non-hydrogen) atoms. The van der Waals surface area contributed by atoms with Crippen molar-refractivity contribution in [2.45, 2.75) is 19.3 Å². The molecule has 1 heterocycles. The Morgan fingerprint density at radius 1 is 1.14 bits per heavy atom. The maximum atomic E-state index is 11.6. The van der Waals surface area contributed by atoms with Gasteiger partial charge in [-0.05, 0) is 18.6 Å². The van der Waals surface area contributed by atoms with E-state index >= 15 is 0 Å². The summed E-state index contributed by atoms with van der Waals surface area (Å²) in [5.74, 6) is -0.409. The number of fused-ring (bicyclic) bond motifs is 1. The Balaban J connectivity index is 1.79. The average Bonchev–Trinajstić information content (AvgIpc) is 2.85. The fourth-order valence-electron chi connectivity index (χ4n) is 1.73. The van der Waals surface area contributed by atoms with E-state index in [4.69, 9.17) is 14.6 Å². The second kappa shape index (κ2) is 6.60. The lowest BCUT2D eigenvalue weighted by Crippen LogP contribution is -2.34. The molecule has 1 aliphatic heterocycles. The molecule has 0 aromatic heterocycles. The quantitative estimate of drug-likeness (QED) is 0.754. The van der Waals surface area contributed by atoms with Gasteiger partial charge in [0.05, 0.1) is 0 Å². The lowest BCUT2D eigenvalue weighted by atomic mass is 10.2. The Morgan fingerprint density at radius 2 is 1.90 bits per heavy atom. The summed E-state index contributed by atoms with van der Waals surface area (Å²) in [5.41, 5.74) is 0.454. The molecule has 3 N–H and O–H groups in total. The van der Waals surface area contributed by atoms with Gasteiger partial charge in [-0.25, -0.2) is 4.79 Å². The predicted octanol–water partition coefficient (Wildman–Crippen LogP) is 1.32. The molecular weight excluding hydrogens is 280 g/mol. The number of hydrogen-bond acceptors (Lipinski definition) is 5. The molecule has 0 spiro atoms. The second-order valence-corrected chi connectivity index (χ2v) is 4.32. The molecule has 0 fully saturated rings. The van der Waals surface area contributed by atoms with Crippen LogP contribution >= 0.6 is 0 Å². The number of carboxylic acid groups (broad SMARTS) is 1. The van der Waals surface area contributed by atoms with Crippen LogP contribution in [0.4, 0.5) is 10.5 Å². The highest BCUT2D eigenvalue weighted by atomic mass is 16.7. The first-order valence-corrected chi connectivity index (χ1v) is 6.27. The second-order valence-electron chi connectivity index (χ2n) is 4.32. The number of carboxylic acids is 1. The van der Waals surface area contributed by atoms with Crippen molar-refractivity contribution in [2.75, 3.05) is 12.1 Å². The summed E-state index contributed by atoms with van der Waals surface area (Å²) in [7, 11) is 0. The number of nitrogens with one attached hydrogen (secondary N) is 2. The molecule has 8 heteroatoms. The van der Waals surface area contributed by atoms with Gasteiger partial charge in [-0.1, -0.05) is 0 Å². The van der Waals surface area contributed by atoms with Crippen molar-refractivity contribution in [1.29, 1.82) is 0 Å². The van der Waals surface area contributed by atoms with Gasteiger partial charge >= 0.3 is 12.0 Å². The summed E-state index contributed by atoms with van der Waals surface area (Å²) in [6.45, 7) is 0.132. The van der Waals surface area contributed by atoms with Crippen LogP contribution in [0, 0.1) is 0 Å². The number of anilines is 1. The molecule has 1 aromatic rings. The SMILES string of the molecule is O=C(O)CCCC(=O)NC(=O)Nc1ccc2c(c1)OCO2. The predicted molar refractivity (Wildman–Crippen MR) is 71.2 cm³/mol. The van der Waals surface area contributed by atoms with E-state index in [0.29, 0.717) is 17.2 Å². The monoisotopic (exact) mass is 294 g/mol. The van der Waals surface area contributed by atoms with E-state index in [1.54, 1.807) is 18.2 Å². The third-order valence-corrected chi connectivity index (χ3v) is 2.68. The molecule has 0 saturated heterocycles. The Labute approximate surface area is 120 Å². The maximum Gasteiger partial charge on any atom is 0.325 e. The van der Waals surface area contributed by atoms with Crippen molar-refractivity contribution in [3.63, 3.8) is 0 Å². The number of ether oxygens (including phenoxy) is 2. The van der Waals surface area contributed by atoms with Crippen LogP contribution in [0.5, 0.6) is 11.5 Å². The van der Waals surface area contributed by atoms with Gasteiger partial charge in [-0.3, -0.25) is 14.9 Å². The lowest BCUT2D eigenvalue weighted by Gasteiger charge is -2.07. The van der Waals surface area contributed by atoms with Crippen LogP contribution in [0.25, 0.3) is 0 Å². The summed E-state index contributed by atoms with van der Waals surface area (Å²) in [6, 6.07) is 4.15. The van der Waals surface area contributed by atoms with Gasteiger partial charge in [0.25, 0.3) is 0 Å².